The molecule has 1 atom stereocenters. The van der Waals surface area contributed by atoms with E-state index in [1.165, 1.54) is 0 Å². The lowest BCUT2D eigenvalue weighted by molar-refractivity contribution is -0.146. The number of aliphatic hydroxyl groups excluding tert-OH is 1. The molecule has 0 amide bonds. The molecule has 4 nitrogen and oxygen atoms in total. The van der Waals surface area contributed by atoms with Crippen LogP contribution in [0.15, 0.2) is 0 Å². The third kappa shape index (κ3) is 3.93. The first kappa shape index (κ1) is 5.20. The van der Waals surface area contributed by atoms with Crippen LogP contribution in [0.4, 0.5) is 0 Å². The predicted molar refractivity (Wildman–Crippen MR) is 31.9 cm³/mol. The third-order valence-corrected chi connectivity index (χ3v) is 0.716. The van der Waals surface area contributed by atoms with Crippen molar-refractivity contribution >= 4 is 5.97 Å². The van der Waals surface area contributed by atoms with Gasteiger partial charge in [0.15, 0.2) is 6.10 Å². The van der Waals surface area contributed by atoms with Gasteiger partial charge in [-0.3, -0.25) is 0 Å². The van der Waals surface area contributed by atoms with E-state index < -0.39 is 18.4 Å². The number of carboxylic acids is 1. The fourth-order valence-electron chi connectivity index (χ4n) is 0.307. The average Bonchev–Trinajstić information content (AvgIpc) is 1.86. The fourth-order valence-corrected chi connectivity index (χ4v) is 0.307. The van der Waals surface area contributed by atoms with E-state index in [0.29, 0.717) is 0 Å². The van der Waals surface area contributed by atoms with E-state index in [9.17, 15) is 4.79 Å². The van der Waals surface area contributed by atoms with E-state index in [2.05, 4.69) is 0 Å². The standard InChI is InChI=1S/C5H11NO3/c6-3-1-2-4(7)5(8)9/h4,7H,1-3,6H2,(H,8,9)/i2D2. The van der Waals surface area contributed by atoms with Crippen molar-refractivity contribution in [3.8, 4) is 0 Å². The van der Waals surface area contributed by atoms with Gasteiger partial charge in [-0.25, -0.2) is 4.79 Å². The van der Waals surface area contributed by atoms with E-state index in [4.69, 9.17) is 18.7 Å². The Morgan fingerprint density at radius 1 is 1.89 bits per heavy atom. The molecule has 0 bridgehead atoms. The molecule has 0 saturated heterocycles. The van der Waals surface area contributed by atoms with Gasteiger partial charge >= 0.3 is 5.97 Å². The Balaban J connectivity index is 4.16. The molecule has 0 heterocycles. The highest BCUT2D eigenvalue weighted by molar-refractivity contribution is 5.71. The molecule has 0 aliphatic carbocycles. The van der Waals surface area contributed by atoms with Crippen LogP contribution in [0.2, 0.25) is 0 Å². The molecule has 0 aliphatic rings. The maximum Gasteiger partial charge on any atom is 0.332 e. The molecular weight excluding hydrogens is 122 g/mol. The molecule has 0 aromatic carbocycles. The van der Waals surface area contributed by atoms with Crippen molar-refractivity contribution in [3.63, 3.8) is 0 Å². The van der Waals surface area contributed by atoms with Gasteiger partial charge < -0.3 is 15.9 Å². The summed E-state index contributed by atoms with van der Waals surface area (Å²) in [4.78, 5) is 10.1. The van der Waals surface area contributed by atoms with Gasteiger partial charge in [-0.1, -0.05) is 0 Å². The van der Waals surface area contributed by atoms with Crippen LogP contribution in [0.5, 0.6) is 0 Å². The first-order chi connectivity index (χ1) is 4.91. The summed E-state index contributed by atoms with van der Waals surface area (Å²) in [6.07, 6.45) is -4.30. The number of rotatable bonds is 4. The monoisotopic (exact) mass is 135 g/mol. The summed E-state index contributed by atoms with van der Waals surface area (Å²) >= 11 is 0. The van der Waals surface area contributed by atoms with Crippen molar-refractivity contribution in [2.45, 2.75) is 18.9 Å². The topological polar surface area (TPSA) is 83.5 Å². The van der Waals surface area contributed by atoms with Crippen LogP contribution >= 0.6 is 0 Å². The van der Waals surface area contributed by atoms with E-state index in [1.54, 1.807) is 0 Å². The van der Waals surface area contributed by atoms with Gasteiger partial charge in [-0.05, 0) is 19.3 Å². The van der Waals surface area contributed by atoms with Crippen molar-refractivity contribution in [1.82, 2.24) is 0 Å². The Labute approximate surface area is 56.1 Å². The van der Waals surface area contributed by atoms with Gasteiger partial charge in [-0.15, -0.1) is 0 Å². The summed E-state index contributed by atoms with van der Waals surface area (Å²) in [5.41, 5.74) is 5.01. The van der Waals surface area contributed by atoms with Gasteiger partial charge in [-0.2, -0.15) is 0 Å². The highest BCUT2D eigenvalue weighted by atomic mass is 16.4. The lowest BCUT2D eigenvalue weighted by atomic mass is 10.2. The molecule has 54 valence electrons. The number of aliphatic carboxylic acids is 1. The number of hydrogen-bond donors (Lipinski definition) is 3. The second-order valence-corrected chi connectivity index (χ2v) is 1.48. The smallest absolute Gasteiger partial charge is 0.332 e. The first-order valence-electron chi connectivity index (χ1n) is 3.53. The lowest BCUT2D eigenvalue weighted by Gasteiger charge is -2.01. The first-order valence-corrected chi connectivity index (χ1v) is 2.53. The molecule has 1 unspecified atom stereocenters. The van der Waals surface area contributed by atoms with Crippen molar-refractivity contribution in [2.24, 2.45) is 5.73 Å². The lowest BCUT2D eigenvalue weighted by Crippen LogP contribution is -2.20. The zero-order valence-electron chi connectivity index (χ0n) is 6.87. The highest BCUT2D eigenvalue weighted by Gasteiger charge is 2.10. The molecular formula is C5H11NO3. The largest absolute Gasteiger partial charge is 0.479 e. The Kier molecular flexibility index (Phi) is 2.48. The molecule has 0 aromatic heterocycles. The summed E-state index contributed by atoms with van der Waals surface area (Å²) in [6, 6.07) is 0. The van der Waals surface area contributed by atoms with E-state index in [1.807, 2.05) is 0 Å². The Bertz CT molecular complexity index is 151. The average molecular weight is 135 g/mol. The zero-order chi connectivity index (χ0) is 9.07. The minimum atomic E-state index is -2.14. The predicted octanol–water partition coefficient (Wildman–Crippen LogP) is -0.829. The Hall–Kier alpha value is -0.610. The van der Waals surface area contributed by atoms with Crippen LogP contribution in [-0.4, -0.2) is 28.8 Å². The molecule has 4 N–H and O–H groups in total. The molecule has 0 fully saturated rings. The maximum atomic E-state index is 10.1. The van der Waals surface area contributed by atoms with Crippen LogP contribution in [0.3, 0.4) is 0 Å². The summed E-state index contributed by atoms with van der Waals surface area (Å²) in [7, 11) is 0. The molecule has 0 aromatic rings. The number of carboxylic acid groups (broad SMARTS) is 1. The second-order valence-electron chi connectivity index (χ2n) is 1.48. The van der Waals surface area contributed by atoms with Gasteiger partial charge in [0.25, 0.3) is 0 Å². The molecule has 0 saturated carbocycles. The van der Waals surface area contributed by atoms with E-state index in [0.717, 1.165) is 0 Å². The van der Waals surface area contributed by atoms with Crippen molar-refractivity contribution in [2.75, 3.05) is 6.54 Å². The van der Waals surface area contributed by atoms with Gasteiger partial charge in [0.2, 0.25) is 0 Å². The Morgan fingerprint density at radius 2 is 2.44 bits per heavy atom. The molecule has 0 aliphatic heterocycles. The van der Waals surface area contributed by atoms with Crippen LogP contribution in [0, 0.1) is 0 Å². The second kappa shape index (κ2) is 4.29. The molecule has 4 heteroatoms. The quantitative estimate of drug-likeness (QED) is 0.470. The molecule has 0 radical (unpaired) electrons. The van der Waals surface area contributed by atoms with Crippen LogP contribution in [-0.2, 0) is 4.79 Å². The third-order valence-electron chi connectivity index (χ3n) is 0.716. The van der Waals surface area contributed by atoms with Crippen LogP contribution in [0.1, 0.15) is 15.5 Å². The normalized spacial score (nSPS) is 18.0. The minimum absolute atomic E-state index is 0.0112. The van der Waals surface area contributed by atoms with Crippen LogP contribution in [0.25, 0.3) is 0 Å². The molecule has 9 heavy (non-hydrogen) atoms. The Morgan fingerprint density at radius 3 is 2.78 bits per heavy atom. The summed E-state index contributed by atoms with van der Waals surface area (Å²) < 4.78 is 14.0. The van der Waals surface area contributed by atoms with Gasteiger partial charge in [0, 0.05) is 2.74 Å². The van der Waals surface area contributed by atoms with Gasteiger partial charge in [0.05, 0.1) is 0 Å². The summed E-state index contributed by atoms with van der Waals surface area (Å²) in [5.74, 6) is -1.57. The fraction of sp³-hybridized carbons (Fsp3) is 0.800. The van der Waals surface area contributed by atoms with Crippen molar-refractivity contribution < 1.29 is 17.7 Å². The zero-order valence-corrected chi connectivity index (χ0v) is 4.87. The van der Waals surface area contributed by atoms with Crippen LogP contribution < -0.4 is 5.73 Å². The van der Waals surface area contributed by atoms with Gasteiger partial charge in [0.1, 0.15) is 0 Å². The van der Waals surface area contributed by atoms with E-state index in [-0.39, 0.29) is 13.0 Å². The molecule has 0 spiro atoms. The summed E-state index contributed by atoms with van der Waals surface area (Å²) in [6.45, 7) is 0.0112. The number of carbonyl (C=O) groups is 1. The van der Waals surface area contributed by atoms with E-state index >= 15 is 0 Å². The van der Waals surface area contributed by atoms with Crippen molar-refractivity contribution in [1.29, 1.82) is 0 Å². The SMILES string of the molecule is [2H]C([2H])(CCN)C(O)C(=O)O. The summed E-state index contributed by atoms with van der Waals surface area (Å²) in [5, 5.41) is 17.0. The minimum Gasteiger partial charge on any atom is -0.479 e. The number of aliphatic hydroxyl groups is 1. The number of hydrogen-bond acceptors (Lipinski definition) is 3. The van der Waals surface area contributed by atoms with Crippen molar-refractivity contribution in [3.05, 3.63) is 0 Å². The molecule has 0 rings (SSSR count). The number of nitrogens with two attached hydrogens (primary N) is 1. The highest BCUT2D eigenvalue weighted by Crippen LogP contribution is 1.93. The maximum absolute atomic E-state index is 10.1.